The fourth-order valence-corrected chi connectivity index (χ4v) is 2.39. The Bertz CT molecular complexity index is 683. The van der Waals surface area contributed by atoms with E-state index in [0.717, 1.165) is 16.8 Å². The molecule has 0 bridgehead atoms. The lowest BCUT2D eigenvalue weighted by molar-refractivity contribution is -0.115. The fourth-order valence-electron chi connectivity index (χ4n) is 2.22. The Balaban J connectivity index is 1.99. The van der Waals surface area contributed by atoms with E-state index in [1.54, 1.807) is 0 Å². The third-order valence-corrected chi connectivity index (χ3v) is 3.77. The minimum absolute atomic E-state index is 0.0902. The zero-order valence-electron chi connectivity index (χ0n) is 13.0. The van der Waals surface area contributed by atoms with Crippen LogP contribution in [0.3, 0.4) is 0 Å². The molecule has 0 aliphatic rings. The van der Waals surface area contributed by atoms with E-state index in [2.05, 4.69) is 16.7 Å². The van der Waals surface area contributed by atoms with Crippen molar-refractivity contribution in [2.24, 2.45) is 0 Å². The summed E-state index contributed by atoms with van der Waals surface area (Å²) in [5.41, 5.74) is 4.14. The van der Waals surface area contributed by atoms with Gasteiger partial charge >= 0.3 is 0 Å². The van der Waals surface area contributed by atoms with Crippen molar-refractivity contribution in [1.29, 1.82) is 0 Å². The maximum absolute atomic E-state index is 12.2. The normalized spacial score (nSPS) is 11.6. The van der Waals surface area contributed by atoms with E-state index >= 15 is 0 Å². The van der Waals surface area contributed by atoms with Gasteiger partial charge in [-0.2, -0.15) is 0 Å². The van der Waals surface area contributed by atoms with Gasteiger partial charge in [-0.15, -0.1) is 0 Å². The topological polar surface area (TPSA) is 41.1 Å². The van der Waals surface area contributed by atoms with Gasteiger partial charge in [-0.25, -0.2) is 0 Å². The van der Waals surface area contributed by atoms with Crippen molar-refractivity contribution in [3.05, 3.63) is 65.2 Å². The number of carbonyl (C=O) groups excluding carboxylic acids is 1. The molecule has 2 aromatic carbocycles. The van der Waals surface area contributed by atoms with Crippen LogP contribution in [0.1, 0.15) is 29.7 Å². The summed E-state index contributed by atoms with van der Waals surface area (Å²) in [7, 11) is 0. The molecule has 1 atom stereocenters. The smallest absolute Gasteiger partial charge is 0.279 e. The maximum Gasteiger partial charge on any atom is 0.279 e. The molecule has 0 heterocycles. The molecule has 2 rings (SSSR count). The van der Waals surface area contributed by atoms with E-state index in [1.807, 2.05) is 63.2 Å². The lowest BCUT2D eigenvalue weighted by Gasteiger charge is -2.16. The molecule has 0 radical (unpaired) electrons. The number of amides is 1. The SMILES string of the molecule is Cc1ccc(NC(=S)C(=O)NC(C)c2ccccc2)c(C)c1. The van der Waals surface area contributed by atoms with Gasteiger partial charge in [0, 0.05) is 5.69 Å². The highest BCUT2D eigenvalue weighted by Gasteiger charge is 2.14. The largest absolute Gasteiger partial charge is 0.343 e. The van der Waals surface area contributed by atoms with Gasteiger partial charge in [-0.05, 0) is 38.0 Å². The minimum atomic E-state index is -0.272. The number of anilines is 1. The van der Waals surface area contributed by atoms with Crippen LogP contribution >= 0.6 is 12.2 Å². The van der Waals surface area contributed by atoms with Crippen molar-refractivity contribution in [1.82, 2.24) is 5.32 Å². The molecule has 1 unspecified atom stereocenters. The number of thiocarbonyl (C=S) groups is 1. The molecule has 3 nitrogen and oxygen atoms in total. The lowest BCUT2D eigenvalue weighted by atomic mass is 10.1. The Kier molecular flexibility index (Phi) is 5.28. The quantitative estimate of drug-likeness (QED) is 0.844. The summed E-state index contributed by atoms with van der Waals surface area (Å²) in [5.74, 6) is -0.272. The number of nitrogens with one attached hydrogen (secondary N) is 2. The van der Waals surface area contributed by atoms with Crippen LogP contribution in [0.25, 0.3) is 0 Å². The van der Waals surface area contributed by atoms with Gasteiger partial charge in [0.25, 0.3) is 5.91 Å². The van der Waals surface area contributed by atoms with Crippen molar-refractivity contribution in [2.45, 2.75) is 26.8 Å². The second kappa shape index (κ2) is 7.18. The summed E-state index contributed by atoms with van der Waals surface area (Å²) in [6, 6.07) is 15.7. The molecular formula is C18H20N2OS. The van der Waals surface area contributed by atoms with Crippen LogP contribution in [0.15, 0.2) is 48.5 Å². The number of carbonyl (C=O) groups is 1. The zero-order valence-corrected chi connectivity index (χ0v) is 13.8. The van der Waals surface area contributed by atoms with E-state index in [9.17, 15) is 4.79 Å². The maximum atomic E-state index is 12.2. The molecule has 0 saturated heterocycles. The summed E-state index contributed by atoms with van der Waals surface area (Å²) < 4.78 is 0. The van der Waals surface area contributed by atoms with E-state index in [-0.39, 0.29) is 16.9 Å². The molecule has 2 N–H and O–H groups in total. The summed E-state index contributed by atoms with van der Waals surface area (Å²) >= 11 is 5.20. The van der Waals surface area contributed by atoms with Gasteiger partial charge in [0.05, 0.1) is 6.04 Å². The van der Waals surface area contributed by atoms with Gasteiger partial charge in [-0.3, -0.25) is 4.79 Å². The molecule has 4 heteroatoms. The number of rotatable bonds is 3. The average molecular weight is 312 g/mol. The molecule has 1 amide bonds. The Morgan fingerprint density at radius 3 is 2.41 bits per heavy atom. The van der Waals surface area contributed by atoms with Gasteiger partial charge in [0.15, 0.2) is 4.99 Å². The van der Waals surface area contributed by atoms with Crippen LogP contribution in [0.5, 0.6) is 0 Å². The van der Waals surface area contributed by atoms with Crippen molar-refractivity contribution in [2.75, 3.05) is 5.32 Å². The number of hydrogen-bond donors (Lipinski definition) is 2. The summed E-state index contributed by atoms with van der Waals surface area (Å²) in [5, 5.41) is 5.92. The first-order chi connectivity index (χ1) is 10.5. The summed E-state index contributed by atoms with van der Waals surface area (Å²) in [6.45, 7) is 5.96. The molecule has 0 aromatic heterocycles. The molecular weight excluding hydrogens is 292 g/mol. The van der Waals surface area contributed by atoms with Crippen molar-refractivity contribution in [3.63, 3.8) is 0 Å². The molecule has 0 aliphatic heterocycles. The average Bonchev–Trinajstić information content (AvgIpc) is 2.50. The van der Waals surface area contributed by atoms with Crippen LogP contribution in [-0.4, -0.2) is 10.9 Å². The molecule has 0 aliphatic carbocycles. The Morgan fingerprint density at radius 1 is 1.09 bits per heavy atom. The molecule has 0 spiro atoms. The van der Waals surface area contributed by atoms with Gasteiger partial charge < -0.3 is 10.6 Å². The highest BCUT2D eigenvalue weighted by molar-refractivity contribution is 7.82. The predicted octanol–water partition coefficient (Wildman–Crippen LogP) is 3.92. The third-order valence-electron chi connectivity index (χ3n) is 3.48. The molecule has 0 saturated carbocycles. The first-order valence-electron chi connectivity index (χ1n) is 7.21. The van der Waals surface area contributed by atoms with E-state index in [1.165, 1.54) is 5.56 Å². The lowest BCUT2D eigenvalue weighted by Crippen LogP contribution is -2.35. The van der Waals surface area contributed by atoms with Crippen molar-refractivity contribution >= 4 is 28.8 Å². The van der Waals surface area contributed by atoms with Crippen molar-refractivity contribution in [3.8, 4) is 0 Å². The van der Waals surface area contributed by atoms with E-state index < -0.39 is 0 Å². The molecule has 114 valence electrons. The molecule has 22 heavy (non-hydrogen) atoms. The molecule has 0 fully saturated rings. The number of benzene rings is 2. The highest BCUT2D eigenvalue weighted by atomic mass is 32.1. The van der Waals surface area contributed by atoms with Crippen LogP contribution in [0, 0.1) is 13.8 Å². The zero-order chi connectivity index (χ0) is 16.1. The van der Waals surface area contributed by atoms with Crippen LogP contribution in [-0.2, 0) is 4.79 Å². The molecule has 2 aromatic rings. The van der Waals surface area contributed by atoms with Crippen molar-refractivity contribution < 1.29 is 4.79 Å². The highest BCUT2D eigenvalue weighted by Crippen LogP contribution is 2.16. The van der Waals surface area contributed by atoms with Gasteiger partial charge in [0.1, 0.15) is 0 Å². The number of hydrogen-bond acceptors (Lipinski definition) is 2. The second-order valence-corrected chi connectivity index (χ2v) is 5.79. The Labute approximate surface area is 136 Å². The summed E-state index contributed by atoms with van der Waals surface area (Å²) in [6.07, 6.45) is 0. The van der Waals surface area contributed by atoms with Crippen LogP contribution in [0.2, 0.25) is 0 Å². The second-order valence-electron chi connectivity index (χ2n) is 5.38. The van der Waals surface area contributed by atoms with Crippen LogP contribution in [0.4, 0.5) is 5.69 Å². The first kappa shape index (κ1) is 16.2. The van der Waals surface area contributed by atoms with Gasteiger partial charge in [0.2, 0.25) is 0 Å². The standard InChI is InChI=1S/C18H20N2OS/c1-12-9-10-16(13(2)11-12)20-18(22)17(21)19-14(3)15-7-5-4-6-8-15/h4-11,14H,1-3H3,(H,19,21)(H,20,22). The third kappa shape index (κ3) is 4.15. The van der Waals surface area contributed by atoms with E-state index in [4.69, 9.17) is 12.2 Å². The number of aryl methyl sites for hydroxylation is 2. The Morgan fingerprint density at radius 2 is 1.77 bits per heavy atom. The minimum Gasteiger partial charge on any atom is -0.343 e. The van der Waals surface area contributed by atoms with E-state index in [0.29, 0.717) is 0 Å². The predicted molar refractivity (Wildman–Crippen MR) is 95.1 cm³/mol. The van der Waals surface area contributed by atoms with Crippen LogP contribution < -0.4 is 10.6 Å². The fraction of sp³-hybridized carbons (Fsp3) is 0.222. The van der Waals surface area contributed by atoms with Gasteiger partial charge in [-0.1, -0.05) is 60.2 Å². The monoisotopic (exact) mass is 312 g/mol. The Hall–Kier alpha value is -2.20. The summed E-state index contributed by atoms with van der Waals surface area (Å²) in [4.78, 5) is 12.4. The first-order valence-corrected chi connectivity index (χ1v) is 7.62.